The van der Waals surface area contributed by atoms with Crippen molar-refractivity contribution in [3.63, 3.8) is 0 Å². The summed E-state index contributed by atoms with van der Waals surface area (Å²) >= 11 is 0. The van der Waals surface area contributed by atoms with Crippen molar-refractivity contribution in [2.75, 3.05) is 26.7 Å². The first-order chi connectivity index (χ1) is 8.81. The normalized spacial score (nSPS) is 33.7. The Morgan fingerprint density at radius 3 is 2.37 bits per heavy atom. The van der Waals surface area contributed by atoms with E-state index in [9.17, 15) is 4.79 Å². The number of carbonyl (C=O) groups is 1. The van der Waals surface area contributed by atoms with Gasteiger partial charge in [0.2, 0.25) is 5.91 Å². The fourth-order valence-corrected chi connectivity index (χ4v) is 4.19. The van der Waals surface area contributed by atoms with Crippen LogP contribution in [0.3, 0.4) is 0 Å². The quantitative estimate of drug-likeness (QED) is 0.860. The molecule has 110 valence electrons. The molecule has 2 atom stereocenters. The van der Waals surface area contributed by atoms with Crippen molar-refractivity contribution in [3.8, 4) is 0 Å². The molecule has 1 aliphatic heterocycles. The molecule has 0 spiro atoms. The number of hydrogen-bond donors (Lipinski definition) is 1. The van der Waals surface area contributed by atoms with E-state index in [1.54, 1.807) is 0 Å². The number of nitrogens with zero attached hydrogens (tertiary/aromatic N) is 1. The number of piperidine rings is 1. The summed E-state index contributed by atoms with van der Waals surface area (Å²) in [7, 11) is 2.02. The lowest BCUT2D eigenvalue weighted by Gasteiger charge is -2.32. The van der Waals surface area contributed by atoms with Gasteiger partial charge in [-0.3, -0.25) is 4.79 Å². The Bertz CT molecular complexity index is 305. The van der Waals surface area contributed by atoms with Gasteiger partial charge in [-0.15, -0.1) is 12.4 Å². The number of halogens is 1. The minimum Gasteiger partial charge on any atom is -0.342 e. The molecule has 1 N–H and O–H groups in total. The molecule has 3 nitrogen and oxygen atoms in total. The molecular weight excluding hydrogens is 260 g/mol. The minimum absolute atomic E-state index is 0. The minimum atomic E-state index is 0. The summed E-state index contributed by atoms with van der Waals surface area (Å²) < 4.78 is 0. The Hall–Kier alpha value is -0.280. The van der Waals surface area contributed by atoms with Gasteiger partial charge in [-0.05, 0) is 63.5 Å². The largest absolute Gasteiger partial charge is 0.342 e. The van der Waals surface area contributed by atoms with E-state index in [0.29, 0.717) is 11.8 Å². The van der Waals surface area contributed by atoms with E-state index < -0.39 is 0 Å². The Labute approximate surface area is 122 Å². The van der Waals surface area contributed by atoms with Crippen LogP contribution in [0.2, 0.25) is 0 Å². The van der Waals surface area contributed by atoms with Crippen molar-refractivity contribution in [2.24, 2.45) is 23.7 Å². The van der Waals surface area contributed by atoms with E-state index >= 15 is 0 Å². The average Bonchev–Trinajstić information content (AvgIpc) is 2.88. The third-order valence-corrected chi connectivity index (χ3v) is 5.42. The van der Waals surface area contributed by atoms with Gasteiger partial charge >= 0.3 is 0 Å². The Kier molecular flexibility index (Phi) is 5.13. The van der Waals surface area contributed by atoms with Gasteiger partial charge in [0.15, 0.2) is 0 Å². The zero-order chi connectivity index (χ0) is 12.5. The topological polar surface area (TPSA) is 32.3 Å². The summed E-state index contributed by atoms with van der Waals surface area (Å²) in [5.41, 5.74) is 0. The first kappa shape index (κ1) is 15.1. The van der Waals surface area contributed by atoms with E-state index in [0.717, 1.165) is 37.4 Å². The molecule has 2 unspecified atom stereocenters. The molecule has 1 saturated heterocycles. The number of rotatable bonds is 4. The number of carbonyl (C=O) groups excluding carboxylic acids is 1. The van der Waals surface area contributed by atoms with Gasteiger partial charge in [0.1, 0.15) is 0 Å². The highest BCUT2D eigenvalue weighted by atomic mass is 35.5. The lowest BCUT2D eigenvalue weighted by atomic mass is 9.93. The van der Waals surface area contributed by atoms with E-state index in [1.807, 2.05) is 7.05 Å². The number of nitrogens with one attached hydrogen (secondary N) is 1. The number of likely N-dealkylation sites (tertiary alicyclic amines) is 1. The summed E-state index contributed by atoms with van der Waals surface area (Å²) in [4.78, 5) is 14.6. The van der Waals surface area contributed by atoms with Crippen LogP contribution in [0.4, 0.5) is 0 Å². The molecule has 0 aromatic heterocycles. The highest BCUT2D eigenvalue weighted by Gasteiger charge is 2.57. The second-order valence-corrected chi connectivity index (χ2v) is 6.45. The second-order valence-electron chi connectivity index (χ2n) is 6.45. The number of fused-ring (bicyclic) bond motifs is 1. The van der Waals surface area contributed by atoms with Crippen molar-refractivity contribution < 1.29 is 4.79 Å². The second kappa shape index (κ2) is 6.45. The first-order valence-electron chi connectivity index (χ1n) is 7.74. The van der Waals surface area contributed by atoms with Gasteiger partial charge in [0, 0.05) is 19.0 Å². The zero-order valence-corrected chi connectivity index (χ0v) is 12.8. The maximum Gasteiger partial charge on any atom is 0.226 e. The molecule has 1 heterocycles. The lowest BCUT2D eigenvalue weighted by Crippen LogP contribution is -2.40. The predicted molar refractivity (Wildman–Crippen MR) is 79.4 cm³/mol. The molecule has 19 heavy (non-hydrogen) atoms. The van der Waals surface area contributed by atoms with Crippen LogP contribution >= 0.6 is 12.4 Å². The molecular formula is C15H27ClN2O. The summed E-state index contributed by atoms with van der Waals surface area (Å²) in [6.07, 6.45) is 7.71. The smallest absolute Gasteiger partial charge is 0.226 e. The van der Waals surface area contributed by atoms with Crippen LogP contribution in [0.25, 0.3) is 0 Å². The van der Waals surface area contributed by atoms with Crippen molar-refractivity contribution >= 4 is 18.3 Å². The van der Waals surface area contributed by atoms with Gasteiger partial charge in [0.05, 0.1) is 0 Å². The van der Waals surface area contributed by atoms with Crippen LogP contribution in [0.1, 0.15) is 38.5 Å². The average molecular weight is 287 g/mol. The molecule has 0 aromatic carbocycles. The number of hydrogen-bond acceptors (Lipinski definition) is 2. The van der Waals surface area contributed by atoms with Crippen LogP contribution in [0.15, 0.2) is 0 Å². The van der Waals surface area contributed by atoms with Crippen LogP contribution in [0, 0.1) is 23.7 Å². The molecule has 3 aliphatic rings. The monoisotopic (exact) mass is 286 g/mol. The SMILES string of the molecule is CNCCC1CCN(C(=O)C2C3CCCC32)CC1.Cl. The fraction of sp³-hybridized carbons (Fsp3) is 0.933. The maximum atomic E-state index is 12.4. The summed E-state index contributed by atoms with van der Waals surface area (Å²) in [6, 6.07) is 0. The number of amides is 1. The van der Waals surface area contributed by atoms with E-state index in [4.69, 9.17) is 0 Å². The molecule has 0 aromatic rings. The third-order valence-electron chi connectivity index (χ3n) is 5.42. The van der Waals surface area contributed by atoms with Gasteiger partial charge < -0.3 is 10.2 Å². The fourth-order valence-electron chi connectivity index (χ4n) is 4.19. The maximum absolute atomic E-state index is 12.4. The molecule has 3 rings (SSSR count). The molecule has 0 radical (unpaired) electrons. The summed E-state index contributed by atoms with van der Waals surface area (Å²) in [6.45, 7) is 3.15. The van der Waals surface area contributed by atoms with Crippen LogP contribution in [-0.4, -0.2) is 37.5 Å². The van der Waals surface area contributed by atoms with Gasteiger partial charge in [0.25, 0.3) is 0 Å². The van der Waals surface area contributed by atoms with Crippen LogP contribution in [-0.2, 0) is 4.79 Å². The van der Waals surface area contributed by atoms with E-state index in [2.05, 4.69) is 10.2 Å². The van der Waals surface area contributed by atoms with Crippen molar-refractivity contribution in [1.29, 1.82) is 0 Å². The molecule has 2 aliphatic carbocycles. The third kappa shape index (κ3) is 3.08. The highest BCUT2D eigenvalue weighted by molar-refractivity contribution is 5.85. The van der Waals surface area contributed by atoms with E-state index in [-0.39, 0.29) is 12.4 Å². The zero-order valence-electron chi connectivity index (χ0n) is 11.9. The Morgan fingerprint density at radius 1 is 1.16 bits per heavy atom. The molecule has 0 bridgehead atoms. The highest BCUT2D eigenvalue weighted by Crippen LogP contribution is 2.58. The van der Waals surface area contributed by atoms with Gasteiger partial charge in [-0.1, -0.05) is 6.42 Å². The Morgan fingerprint density at radius 2 is 1.79 bits per heavy atom. The predicted octanol–water partition coefficient (Wildman–Crippen LogP) is 2.30. The van der Waals surface area contributed by atoms with Crippen molar-refractivity contribution in [2.45, 2.75) is 38.5 Å². The standard InChI is InChI=1S/C15H26N2O.ClH/c1-16-8-5-11-6-9-17(10-7-11)15(18)14-12-3-2-4-13(12)14;/h11-14,16H,2-10H2,1H3;1H. The molecule has 2 saturated carbocycles. The molecule has 3 fully saturated rings. The van der Waals surface area contributed by atoms with Crippen LogP contribution in [0.5, 0.6) is 0 Å². The summed E-state index contributed by atoms with van der Waals surface area (Å²) in [5, 5.41) is 3.22. The first-order valence-corrected chi connectivity index (χ1v) is 7.74. The van der Waals surface area contributed by atoms with Crippen molar-refractivity contribution in [3.05, 3.63) is 0 Å². The summed E-state index contributed by atoms with van der Waals surface area (Å²) in [5.74, 6) is 3.32. The molecule has 1 amide bonds. The van der Waals surface area contributed by atoms with Crippen LogP contribution < -0.4 is 5.32 Å². The lowest BCUT2D eigenvalue weighted by molar-refractivity contribution is -0.134. The van der Waals surface area contributed by atoms with Gasteiger partial charge in [-0.25, -0.2) is 0 Å². The molecule has 4 heteroatoms. The van der Waals surface area contributed by atoms with Crippen molar-refractivity contribution in [1.82, 2.24) is 10.2 Å². The van der Waals surface area contributed by atoms with E-state index in [1.165, 1.54) is 38.5 Å². The van der Waals surface area contributed by atoms with Gasteiger partial charge in [-0.2, -0.15) is 0 Å². The Balaban J connectivity index is 0.00000133.